The van der Waals surface area contributed by atoms with Gasteiger partial charge in [0.05, 0.1) is 65.7 Å². The Balaban J connectivity index is 1.63. The summed E-state index contributed by atoms with van der Waals surface area (Å²) in [6, 6.07) is 15.3. The van der Waals surface area contributed by atoms with E-state index < -0.39 is 31.3 Å². The Morgan fingerprint density at radius 1 is 1.11 bits per heavy atom. The Kier molecular flexibility index (Phi) is 13.9. The van der Waals surface area contributed by atoms with Gasteiger partial charge in [0.2, 0.25) is 5.91 Å². The molecule has 0 radical (unpaired) electrons. The van der Waals surface area contributed by atoms with Crippen LogP contribution in [0, 0.1) is 11.7 Å². The van der Waals surface area contributed by atoms with Crippen molar-refractivity contribution < 1.29 is 37.1 Å². The van der Waals surface area contributed by atoms with Gasteiger partial charge >= 0.3 is 13.7 Å². The SMILES string of the molecule is CCOP(=O)(CCN(CCC(=O)c1c(Br)ccc(Cl)c1F)[C@H]1CCC[C@@H](C)C(=O)Nc2cc(NC(=O)OC)ccc2-n2nc1c1ccccc12)OCC. The molecule has 2 bridgehead atoms. The topological polar surface area (TPSA) is 141 Å². The van der Waals surface area contributed by atoms with Gasteiger partial charge in [0.25, 0.3) is 0 Å². The summed E-state index contributed by atoms with van der Waals surface area (Å²) in [5.41, 5.74) is 2.71. The zero-order valence-electron chi connectivity index (χ0n) is 30.0. The lowest BCUT2D eigenvalue weighted by Crippen LogP contribution is -2.34. The van der Waals surface area contributed by atoms with Crippen LogP contribution in [0.3, 0.4) is 0 Å². The number of nitrogens with one attached hydrogen (secondary N) is 2. The molecule has 16 heteroatoms. The predicted octanol–water partition coefficient (Wildman–Crippen LogP) is 9.40. The maximum Gasteiger partial charge on any atom is 0.411 e. The summed E-state index contributed by atoms with van der Waals surface area (Å²) in [5, 5.41) is 11.5. The minimum atomic E-state index is -3.52. The second kappa shape index (κ2) is 18.1. The number of fused-ring (bicyclic) bond motifs is 7. The Bertz CT molecular complexity index is 2020. The van der Waals surface area contributed by atoms with Crippen LogP contribution in [0.4, 0.5) is 20.6 Å². The highest BCUT2D eigenvalue weighted by molar-refractivity contribution is 9.10. The number of halogens is 3. The number of amides is 2. The summed E-state index contributed by atoms with van der Waals surface area (Å²) in [4.78, 5) is 41.3. The lowest BCUT2D eigenvalue weighted by atomic mass is 9.96. The van der Waals surface area contributed by atoms with E-state index in [9.17, 15) is 18.9 Å². The average Bonchev–Trinajstić information content (AvgIpc) is 3.51. The molecule has 5 rings (SSSR count). The quantitative estimate of drug-likeness (QED) is 0.0766. The Labute approximate surface area is 321 Å². The van der Waals surface area contributed by atoms with Gasteiger partial charge in [0.15, 0.2) is 11.6 Å². The van der Waals surface area contributed by atoms with Crippen LogP contribution in [-0.4, -0.2) is 72.0 Å². The van der Waals surface area contributed by atoms with Crippen molar-refractivity contribution in [3.05, 3.63) is 81.2 Å². The van der Waals surface area contributed by atoms with Crippen molar-refractivity contribution in [3.63, 3.8) is 0 Å². The summed E-state index contributed by atoms with van der Waals surface area (Å²) in [7, 11) is -2.25. The van der Waals surface area contributed by atoms with Gasteiger partial charge in [0, 0.05) is 41.0 Å². The molecule has 2 amide bonds. The lowest BCUT2D eigenvalue weighted by molar-refractivity contribution is -0.119. The number of benzene rings is 3. The minimum absolute atomic E-state index is 0.0326. The molecule has 0 spiro atoms. The van der Waals surface area contributed by atoms with E-state index in [-0.39, 0.29) is 61.3 Å². The molecule has 2 atom stereocenters. The van der Waals surface area contributed by atoms with Gasteiger partial charge < -0.3 is 19.1 Å². The number of hydrogen-bond donors (Lipinski definition) is 2. The first kappa shape index (κ1) is 40.5. The third kappa shape index (κ3) is 9.54. The molecule has 0 aliphatic carbocycles. The fourth-order valence-corrected chi connectivity index (χ4v) is 8.78. The highest BCUT2D eigenvalue weighted by Gasteiger charge is 2.32. The number of carbonyl (C=O) groups is 3. The van der Waals surface area contributed by atoms with Crippen LogP contribution >= 0.6 is 35.1 Å². The van der Waals surface area contributed by atoms with Crippen molar-refractivity contribution >= 4 is 75.2 Å². The number of carbonyl (C=O) groups excluding carboxylic acids is 3. The molecule has 12 nitrogen and oxygen atoms in total. The van der Waals surface area contributed by atoms with E-state index in [0.29, 0.717) is 46.5 Å². The second-order valence-electron chi connectivity index (χ2n) is 12.6. The molecule has 1 aliphatic rings. The van der Waals surface area contributed by atoms with Gasteiger partial charge in [-0.05, 0) is 79.0 Å². The first-order valence-corrected chi connectivity index (χ1v) is 20.4. The van der Waals surface area contributed by atoms with Crippen molar-refractivity contribution in [3.8, 4) is 5.69 Å². The van der Waals surface area contributed by atoms with Crippen molar-refractivity contribution in [2.45, 2.75) is 52.5 Å². The summed E-state index contributed by atoms with van der Waals surface area (Å²) in [5.74, 6) is -1.85. The van der Waals surface area contributed by atoms with Gasteiger partial charge in [-0.2, -0.15) is 5.10 Å². The fraction of sp³-hybridized carbons (Fsp3) is 0.405. The van der Waals surface area contributed by atoms with E-state index in [4.69, 9.17) is 30.5 Å². The zero-order chi connectivity index (χ0) is 38.3. The molecule has 0 saturated heterocycles. The van der Waals surface area contributed by atoms with E-state index in [1.165, 1.54) is 19.2 Å². The summed E-state index contributed by atoms with van der Waals surface area (Å²) >= 11 is 9.36. The van der Waals surface area contributed by atoms with Crippen molar-refractivity contribution in [1.29, 1.82) is 0 Å². The molecule has 53 heavy (non-hydrogen) atoms. The number of hydrogen-bond acceptors (Lipinski definition) is 9. The Morgan fingerprint density at radius 3 is 2.57 bits per heavy atom. The third-order valence-electron chi connectivity index (χ3n) is 9.11. The second-order valence-corrected chi connectivity index (χ2v) is 16.0. The number of rotatable bonds is 13. The molecule has 284 valence electrons. The number of ether oxygens (including phenoxy) is 1. The van der Waals surface area contributed by atoms with E-state index >= 15 is 4.39 Å². The molecule has 3 aromatic carbocycles. The molecule has 2 N–H and O–H groups in total. The van der Waals surface area contributed by atoms with Gasteiger partial charge in [-0.25, -0.2) is 13.9 Å². The third-order valence-corrected chi connectivity index (χ3v) is 12.1. The molecule has 4 aromatic rings. The Morgan fingerprint density at radius 2 is 1.85 bits per heavy atom. The van der Waals surface area contributed by atoms with Gasteiger partial charge in [-0.1, -0.05) is 43.1 Å². The van der Waals surface area contributed by atoms with Crippen LogP contribution in [0.5, 0.6) is 0 Å². The van der Waals surface area contributed by atoms with Gasteiger partial charge in [-0.3, -0.25) is 24.4 Å². The monoisotopic (exact) mass is 833 g/mol. The van der Waals surface area contributed by atoms with Crippen molar-refractivity contribution in [2.75, 3.05) is 50.2 Å². The van der Waals surface area contributed by atoms with Crippen LogP contribution in [0.15, 0.2) is 59.1 Å². The number of ketones is 1. The summed E-state index contributed by atoms with van der Waals surface area (Å²) in [6.07, 6.45) is 0.950. The summed E-state index contributed by atoms with van der Waals surface area (Å²) < 4.78 is 47.0. The largest absolute Gasteiger partial charge is 0.453 e. The maximum atomic E-state index is 15.2. The number of para-hydroxylation sites is 1. The average molecular weight is 835 g/mol. The number of methoxy groups -OCH3 is 1. The highest BCUT2D eigenvalue weighted by atomic mass is 79.9. The Hall–Kier alpha value is -3.65. The predicted molar refractivity (Wildman–Crippen MR) is 207 cm³/mol. The van der Waals surface area contributed by atoms with E-state index in [0.717, 1.165) is 10.9 Å². The van der Waals surface area contributed by atoms with Crippen LogP contribution in [0.1, 0.15) is 68.5 Å². The van der Waals surface area contributed by atoms with Gasteiger partial charge in [-0.15, -0.1) is 0 Å². The molecule has 1 aromatic heterocycles. The van der Waals surface area contributed by atoms with Crippen molar-refractivity contribution in [2.24, 2.45) is 5.92 Å². The van der Waals surface area contributed by atoms with Gasteiger partial charge in [0.1, 0.15) is 0 Å². The fourth-order valence-electron chi connectivity index (χ4n) is 6.47. The first-order chi connectivity index (χ1) is 25.4. The number of anilines is 2. The number of aromatic nitrogens is 2. The standard InChI is InChI=1S/C37H43BrClFN5O7P/c1-5-51-53(49,52-6-2)21-20-44(19-18-32(46)33-26(38)15-16-27(39)34(33)40)31-13-9-10-23(3)36(47)42-28-22-24(41-37(48)50-4)14-17-30(28)45-29-12-8-7-11-25(29)35(31)43-45/h7-8,11-12,14-17,22-23,31H,5-6,9-10,13,18-21H2,1-4H3,(H,41,48)(H,42,47)/t23-,31+/m1/s1. The molecule has 2 heterocycles. The molecule has 0 saturated carbocycles. The van der Waals surface area contributed by atoms with E-state index in [1.54, 1.807) is 36.7 Å². The first-order valence-electron chi connectivity index (χ1n) is 17.5. The molecular weight excluding hydrogens is 792 g/mol. The number of nitrogens with zero attached hydrogens (tertiary/aromatic N) is 3. The molecule has 1 aliphatic heterocycles. The van der Waals surface area contributed by atoms with Crippen molar-refractivity contribution in [1.82, 2.24) is 14.7 Å². The zero-order valence-corrected chi connectivity index (χ0v) is 33.2. The molecular formula is C37H43BrClFN5O7P. The van der Waals surface area contributed by atoms with Crippen LogP contribution < -0.4 is 10.6 Å². The highest BCUT2D eigenvalue weighted by Crippen LogP contribution is 2.48. The van der Waals surface area contributed by atoms with E-state index in [1.807, 2.05) is 36.1 Å². The van der Waals surface area contributed by atoms with Crippen LogP contribution in [0.2, 0.25) is 5.02 Å². The number of Topliss-reactive ketones (excluding diaryl/α,β-unsaturated/α-hetero) is 1. The smallest absolute Gasteiger partial charge is 0.411 e. The normalized spacial score (nSPS) is 16.4. The van der Waals surface area contributed by atoms with E-state index in [2.05, 4.69) is 26.6 Å². The van der Waals surface area contributed by atoms with Crippen LogP contribution in [-0.2, 0) is 23.1 Å². The minimum Gasteiger partial charge on any atom is -0.453 e. The summed E-state index contributed by atoms with van der Waals surface area (Å²) in [6.45, 7) is 6.06. The molecule has 0 fully saturated rings. The maximum absolute atomic E-state index is 15.2. The molecule has 0 unspecified atom stereocenters. The lowest BCUT2D eigenvalue weighted by Gasteiger charge is -2.32. The van der Waals surface area contributed by atoms with Crippen LogP contribution in [0.25, 0.3) is 16.6 Å².